The first-order valence-corrected chi connectivity index (χ1v) is 10.5. The van der Waals surface area contributed by atoms with Crippen LogP contribution in [0.15, 0.2) is 16.7 Å². The van der Waals surface area contributed by atoms with E-state index in [-0.39, 0.29) is 48.9 Å². The predicted molar refractivity (Wildman–Crippen MR) is 102 cm³/mol. The van der Waals surface area contributed by atoms with Gasteiger partial charge in [-0.15, -0.1) is 0 Å². The standard InChI is InChI=1S/C16H22N5O6P/c1-4-26-28(24,27-5-2)8-25-13-9(3)10(6-11(13)22)21-7-18-12-14(21)19-16(17)20-15(12)23/h7,13H,4-6,8H2,1-3H3,(H3,17,19,20,23). The quantitative estimate of drug-likeness (QED) is 0.616. The van der Waals surface area contributed by atoms with Gasteiger partial charge in [0.1, 0.15) is 18.8 Å². The Hall–Kier alpha value is -2.33. The SMILES string of the molecule is CCOP(=O)(COC1C(=O)CC(n2cnc3c(=O)[nH]c(N)nc32)=C1C)OCC. The molecule has 0 bridgehead atoms. The molecule has 1 aliphatic carbocycles. The maximum atomic E-state index is 12.6. The summed E-state index contributed by atoms with van der Waals surface area (Å²) in [5.74, 6) is -0.268. The van der Waals surface area contributed by atoms with Crippen LogP contribution < -0.4 is 11.3 Å². The van der Waals surface area contributed by atoms with Gasteiger partial charge in [0.15, 0.2) is 16.9 Å². The highest BCUT2D eigenvalue weighted by Gasteiger charge is 2.36. The molecule has 2 heterocycles. The lowest BCUT2D eigenvalue weighted by atomic mass is 10.2. The molecule has 0 saturated heterocycles. The number of hydrogen-bond acceptors (Lipinski definition) is 9. The lowest BCUT2D eigenvalue weighted by molar-refractivity contribution is -0.125. The molecule has 152 valence electrons. The van der Waals surface area contributed by atoms with Crippen molar-refractivity contribution in [1.29, 1.82) is 0 Å². The highest BCUT2D eigenvalue weighted by molar-refractivity contribution is 7.53. The number of carbonyl (C=O) groups excluding carboxylic acids is 1. The van der Waals surface area contributed by atoms with Crippen LogP contribution in [0.1, 0.15) is 27.2 Å². The number of H-pyrrole nitrogens is 1. The van der Waals surface area contributed by atoms with Crippen LogP contribution in [-0.2, 0) is 23.1 Å². The molecule has 3 N–H and O–H groups in total. The summed E-state index contributed by atoms with van der Waals surface area (Å²) in [5.41, 5.74) is 6.70. The Morgan fingerprint density at radius 2 is 2.00 bits per heavy atom. The molecule has 1 unspecified atom stereocenters. The second kappa shape index (κ2) is 7.96. The summed E-state index contributed by atoms with van der Waals surface area (Å²) in [5, 5.41) is 0. The molecule has 0 fully saturated rings. The Labute approximate surface area is 160 Å². The molecule has 0 aromatic carbocycles. The average molecular weight is 411 g/mol. The zero-order chi connectivity index (χ0) is 20.5. The number of imidazole rings is 1. The zero-order valence-corrected chi connectivity index (χ0v) is 16.7. The first-order chi connectivity index (χ1) is 13.3. The fourth-order valence-corrected chi connectivity index (χ4v) is 4.42. The molecule has 2 aromatic rings. The molecule has 0 spiro atoms. The fourth-order valence-electron chi connectivity index (χ4n) is 3.08. The summed E-state index contributed by atoms with van der Waals surface area (Å²) in [6, 6.07) is 0. The minimum absolute atomic E-state index is 0.0456. The van der Waals surface area contributed by atoms with Crippen LogP contribution in [0.25, 0.3) is 16.9 Å². The summed E-state index contributed by atoms with van der Waals surface area (Å²) < 4.78 is 30.1. The molecule has 11 nitrogen and oxygen atoms in total. The van der Waals surface area contributed by atoms with Gasteiger partial charge in [-0.3, -0.25) is 23.7 Å². The number of hydrogen-bond donors (Lipinski definition) is 2. The summed E-state index contributed by atoms with van der Waals surface area (Å²) in [6.45, 7) is 5.50. The Bertz CT molecular complexity index is 1030. The number of fused-ring (bicyclic) bond motifs is 1. The fraction of sp³-hybridized carbons (Fsp3) is 0.500. The van der Waals surface area contributed by atoms with Crippen molar-refractivity contribution >= 4 is 36.2 Å². The van der Waals surface area contributed by atoms with Crippen molar-refractivity contribution in [2.24, 2.45) is 0 Å². The van der Waals surface area contributed by atoms with E-state index in [1.807, 2.05) is 0 Å². The second-order valence-electron chi connectivity index (χ2n) is 6.13. The van der Waals surface area contributed by atoms with Gasteiger partial charge >= 0.3 is 7.60 Å². The van der Waals surface area contributed by atoms with Crippen LogP contribution in [0, 0.1) is 0 Å². The van der Waals surface area contributed by atoms with E-state index >= 15 is 0 Å². The first kappa shape index (κ1) is 20.4. The molecule has 3 rings (SSSR count). The molecule has 1 aliphatic rings. The molecule has 28 heavy (non-hydrogen) atoms. The number of aromatic nitrogens is 4. The molecular formula is C16H22N5O6P. The monoisotopic (exact) mass is 411 g/mol. The van der Waals surface area contributed by atoms with Crippen molar-refractivity contribution in [1.82, 2.24) is 19.5 Å². The van der Waals surface area contributed by atoms with Gasteiger partial charge in [0.2, 0.25) is 5.95 Å². The maximum Gasteiger partial charge on any atom is 0.356 e. The van der Waals surface area contributed by atoms with Crippen molar-refractivity contribution in [3.63, 3.8) is 0 Å². The maximum absolute atomic E-state index is 12.6. The molecular weight excluding hydrogens is 389 g/mol. The van der Waals surface area contributed by atoms with Gasteiger partial charge in [0.25, 0.3) is 5.56 Å². The predicted octanol–water partition coefficient (Wildman–Crippen LogP) is 1.51. The van der Waals surface area contributed by atoms with E-state index in [2.05, 4.69) is 15.0 Å². The van der Waals surface area contributed by atoms with Crippen molar-refractivity contribution in [3.05, 3.63) is 22.3 Å². The van der Waals surface area contributed by atoms with Crippen molar-refractivity contribution < 1.29 is 23.1 Å². The number of Topliss-reactive ketones (excluding diaryl/α,β-unsaturated/α-hetero) is 1. The number of carbonyl (C=O) groups is 1. The van der Waals surface area contributed by atoms with Crippen LogP contribution in [0.3, 0.4) is 0 Å². The van der Waals surface area contributed by atoms with E-state index < -0.39 is 19.3 Å². The second-order valence-corrected chi connectivity index (χ2v) is 8.13. The van der Waals surface area contributed by atoms with Crippen LogP contribution >= 0.6 is 7.60 Å². The third-order valence-electron chi connectivity index (χ3n) is 4.25. The largest absolute Gasteiger partial charge is 0.369 e. The van der Waals surface area contributed by atoms with Crippen LogP contribution in [0.2, 0.25) is 0 Å². The average Bonchev–Trinajstić information content (AvgIpc) is 3.15. The number of nitrogen functional groups attached to an aromatic ring is 1. The number of aromatic amines is 1. The Morgan fingerprint density at radius 1 is 1.32 bits per heavy atom. The third-order valence-corrected chi connectivity index (χ3v) is 6.02. The number of nitrogens with one attached hydrogen (secondary N) is 1. The molecule has 0 saturated carbocycles. The number of nitrogens with zero attached hydrogens (tertiary/aromatic N) is 3. The molecule has 12 heteroatoms. The van der Waals surface area contributed by atoms with Gasteiger partial charge in [-0.25, -0.2) is 4.98 Å². The van der Waals surface area contributed by atoms with E-state index in [4.69, 9.17) is 19.5 Å². The number of ketones is 1. The lowest BCUT2D eigenvalue weighted by Crippen LogP contribution is -2.21. The molecule has 0 aliphatic heterocycles. The molecule has 0 radical (unpaired) electrons. The van der Waals surface area contributed by atoms with Crippen molar-refractivity contribution in [3.8, 4) is 0 Å². The van der Waals surface area contributed by atoms with Gasteiger partial charge in [-0.2, -0.15) is 4.98 Å². The topological polar surface area (TPSA) is 151 Å². The van der Waals surface area contributed by atoms with E-state index in [0.717, 1.165) is 0 Å². The first-order valence-electron chi connectivity index (χ1n) is 8.75. The van der Waals surface area contributed by atoms with Crippen LogP contribution in [0.5, 0.6) is 0 Å². The Morgan fingerprint density at radius 3 is 2.64 bits per heavy atom. The minimum atomic E-state index is -3.45. The molecule has 1 atom stereocenters. The van der Waals surface area contributed by atoms with Gasteiger partial charge in [-0.1, -0.05) is 0 Å². The summed E-state index contributed by atoms with van der Waals surface area (Å²) >= 11 is 0. The molecule has 2 aromatic heterocycles. The van der Waals surface area contributed by atoms with Gasteiger partial charge in [-0.05, 0) is 26.3 Å². The summed E-state index contributed by atoms with van der Waals surface area (Å²) in [4.78, 5) is 35.0. The molecule has 0 amide bonds. The summed E-state index contributed by atoms with van der Waals surface area (Å²) in [6.07, 6.45) is 0.211. The number of rotatable bonds is 8. The van der Waals surface area contributed by atoms with E-state index in [0.29, 0.717) is 11.3 Å². The van der Waals surface area contributed by atoms with Gasteiger partial charge in [0, 0.05) is 5.70 Å². The highest BCUT2D eigenvalue weighted by atomic mass is 31.2. The van der Waals surface area contributed by atoms with E-state index in [9.17, 15) is 14.2 Å². The zero-order valence-electron chi connectivity index (χ0n) is 15.8. The minimum Gasteiger partial charge on any atom is -0.369 e. The van der Waals surface area contributed by atoms with Crippen LogP contribution in [0.4, 0.5) is 5.95 Å². The number of allylic oxidation sites excluding steroid dienone is 1. The van der Waals surface area contributed by atoms with E-state index in [1.54, 1.807) is 25.3 Å². The summed E-state index contributed by atoms with van der Waals surface area (Å²) in [7, 11) is -3.45. The van der Waals surface area contributed by atoms with Gasteiger partial charge < -0.3 is 19.5 Å². The van der Waals surface area contributed by atoms with Crippen molar-refractivity contribution in [2.75, 3.05) is 25.3 Å². The number of ether oxygens (including phenoxy) is 1. The van der Waals surface area contributed by atoms with E-state index in [1.165, 1.54) is 6.33 Å². The lowest BCUT2D eigenvalue weighted by Gasteiger charge is -2.19. The van der Waals surface area contributed by atoms with Crippen molar-refractivity contribution in [2.45, 2.75) is 33.3 Å². The Kier molecular flexibility index (Phi) is 5.80. The Balaban J connectivity index is 1.90. The highest BCUT2D eigenvalue weighted by Crippen LogP contribution is 2.48. The number of nitrogens with two attached hydrogens (primary N) is 1. The third kappa shape index (κ3) is 3.79. The van der Waals surface area contributed by atoms with Crippen LogP contribution in [-0.4, -0.2) is 51.0 Å². The van der Waals surface area contributed by atoms with Gasteiger partial charge in [0.05, 0.1) is 19.6 Å². The smallest absolute Gasteiger partial charge is 0.356 e. The number of anilines is 1. The normalized spacial score (nSPS) is 17.8.